The highest BCUT2D eigenvalue weighted by atomic mass is 32.2. The summed E-state index contributed by atoms with van der Waals surface area (Å²) in [5, 5.41) is 9.74. The SMILES string of the molecule is CCOCc1nc2c(N)nc3cc(Cc4ccc(CC#N)cc4)ccc3c2n1CCNS(C)(=O)=O. The number of nitriles is 1. The molecule has 0 spiro atoms. The molecule has 0 saturated carbocycles. The minimum absolute atomic E-state index is 0.215. The van der Waals surface area contributed by atoms with Crippen LogP contribution < -0.4 is 10.5 Å². The number of nitrogens with two attached hydrogens (primary N) is 1. The number of nitrogens with one attached hydrogen (secondary N) is 1. The lowest BCUT2D eigenvalue weighted by atomic mass is 10.0. The summed E-state index contributed by atoms with van der Waals surface area (Å²) in [6, 6.07) is 16.3. The molecule has 4 aromatic rings. The second kappa shape index (κ2) is 10.4. The van der Waals surface area contributed by atoms with Crippen LogP contribution in [0, 0.1) is 11.3 Å². The smallest absolute Gasteiger partial charge is 0.208 e. The molecule has 182 valence electrons. The van der Waals surface area contributed by atoms with Crippen molar-refractivity contribution in [2.75, 3.05) is 25.1 Å². The minimum Gasteiger partial charge on any atom is -0.382 e. The van der Waals surface area contributed by atoms with Gasteiger partial charge in [-0.2, -0.15) is 5.26 Å². The first-order valence-electron chi connectivity index (χ1n) is 11.3. The van der Waals surface area contributed by atoms with E-state index in [1.54, 1.807) is 0 Å². The number of fused-ring (bicyclic) bond motifs is 3. The summed E-state index contributed by atoms with van der Waals surface area (Å²) in [5.41, 5.74) is 11.7. The third-order valence-electron chi connectivity index (χ3n) is 5.70. The van der Waals surface area contributed by atoms with E-state index < -0.39 is 10.0 Å². The summed E-state index contributed by atoms with van der Waals surface area (Å²) in [6.45, 7) is 3.31. The molecule has 2 aromatic carbocycles. The van der Waals surface area contributed by atoms with E-state index in [1.165, 1.54) is 0 Å². The maximum atomic E-state index is 11.6. The number of imidazole rings is 1. The number of ether oxygens (including phenoxy) is 1. The van der Waals surface area contributed by atoms with E-state index in [-0.39, 0.29) is 13.2 Å². The molecule has 2 aromatic heterocycles. The Balaban J connectivity index is 1.73. The van der Waals surface area contributed by atoms with Crippen LogP contribution in [0.1, 0.15) is 29.4 Å². The second-order valence-electron chi connectivity index (χ2n) is 8.36. The highest BCUT2D eigenvalue weighted by Crippen LogP contribution is 2.30. The summed E-state index contributed by atoms with van der Waals surface area (Å²) in [6.07, 6.45) is 2.25. The van der Waals surface area contributed by atoms with Crippen LogP contribution in [-0.2, 0) is 40.8 Å². The van der Waals surface area contributed by atoms with Gasteiger partial charge in [-0.1, -0.05) is 36.4 Å². The van der Waals surface area contributed by atoms with Crippen LogP contribution in [0.4, 0.5) is 5.82 Å². The van der Waals surface area contributed by atoms with Crippen molar-refractivity contribution in [2.24, 2.45) is 0 Å². The van der Waals surface area contributed by atoms with Crippen molar-refractivity contribution in [1.82, 2.24) is 19.3 Å². The summed E-state index contributed by atoms with van der Waals surface area (Å²) in [4.78, 5) is 9.29. The largest absolute Gasteiger partial charge is 0.382 e. The minimum atomic E-state index is -3.32. The second-order valence-corrected chi connectivity index (χ2v) is 10.2. The molecule has 0 radical (unpaired) electrons. The van der Waals surface area contributed by atoms with Crippen LogP contribution in [-0.4, -0.2) is 42.4 Å². The normalized spacial score (nSPS) is 11.8. The van der Waals surface area contributed by atoms with E-state index in [0.29, 0.717) is 36.7 Å². The molecule has 0 aliphatic rings. The number of nitrogens with zero attached hydrogens (tertiary/aromatic N) is 4. The van der Waals surface area contributed by atoms with Crippen LogP contribution in [0.2, 0.25) is 0 Å². The predicted octanol–water partition coefficient (Wildman–Crippen LogP) is 2.91. The molecule has 2 heterocycles. The van der Waals surface area contributed by atoms with E-state index in [1.807, 2.05) is 47.9 Å². The van der Waals surface area contributed by atoms with Crippen molar-refractivity contribution in [3.8, 4) is 6.07 Å². The van der Waals surface area contributed by atoms with Gasteiger partial charge >= 0.3 is 0 Å². The maximum Gasteiger partial charge on any atom is 0.208 e. The van der Waals surface area contributed by atoms with Gasteiger partial charge in [0.1, 0.15) is 17.9 Å². The van der Waals surface area contributed by atoms with Gasteiger partial charge in [-0.25, -0.2) is 23.1 Å². The zero-order valence-electron chi connectivity index (χ0n) is 19.8. The van der Waals surface area contributed by atoms with Crippen molar-refractivity contribution < 1.29 is 13.2 Å². The fraction of sp³-hybridized carbons (Fsp3) is 0.320. The number of sulfonamides is 1. The molecular weight excluding hydrogens is 464 g/mol. The van der Waals surface area contributed by atoms with Crippen LogP contribution >= 0.6 is 0 Å². The number of benzene rings is 2. The van der Waals surface area contributed by atoms with E-state index in [0.717, 1.165) is 45.8 Å². The Hall–Kier alpha value is -3.52. The molecule has 0 saturated heterocycles. The first kappa shape index (κ1) is 24.6. The van der Waals surface area contributed by atoms with Gasteiger partial charge in [0, 0.05) is 25.1 Å². The molecule has 0 bridgehead atoms. The van der Waals surface area contributed by atoms with Crippen molar-refractivity contribution in [3.05, 3.63) is 65.0 Å². The van der Waals surface area contributed by atoms with Gasteiger partial charge in [-0.15, -0.1) is 0 Å². The number of pyridine rings is 1. The van der Waals surface area contributed by atoms with E-state index in [4.69, 9.17) is 15.7 Å². The molecule has 0 unspecified atom stereocenters. The van der Waals surface area contributed by atoms with Gasteiger partial charge < -0.3 is 15.0 Å². The number of hydrogen-bond donors (Lipinski definition) is 2. The Morgan fingerprint density at radius 3 is 2.51 bits per heavy atom. The lowest BCUT2D eigenvalue weighted by molar-refractivity contribution is 0.126. The van der Waals surface area contributed by atoms with Crippen LogP contribution in [0.15, 0.2) is 42.5 Å². The number of aromatic nitrogens is 3. The Kier molecular flexibility index (Phi) is 7.31. The molecule has 35 heavy (non-hydrogen) atoms. The topological polar surface area (TPSA) is 136 Å². The summed E-state index contributed by atoms with van der Waals surface area (Å²) < 4.78 is 33.3. The molecule has 9 nitrogen and oxygen atoms in total. The zero-order chi connectivity index (χ0) is 25.0. The van der Waals surface area contributed by atoms with Crippen LogP contribution in [0.5, 0.6) is 0 Å². The maximum absolute atomic E-state index is 11.6. The van der Waals surface area contributed by atoms with E-state index in [2.05, 4.69) is 26.8 Å². The van der Waals surface area contributed by atoms with Crippen molar-refractivity contribution in [3.63, 3.8) is 0 Å². The number of nitrogen functional groups attached to an aromatic ring is 1. The summed E-state index contributed by atoms with van der Waals surface area (Å²) in [7, 11) is -3.32. The van der Waals surface area contributed by atoms with Gasteiger partial charge in [0.15, 0.2) is 5.82 Å². The molecule has 3 N–H and O–H groups in total. The molecule has 0 fully saturated rings. The Morgan fingerprint density at radius 2 is 1.83 bits per heavy atom. The average molecular weight is 493 g/mol. The van der Waals surface area contributed by atoms with E-state index >= 15 is 0 Å². The Morgan fingerprint density at radius 1 is 1.11 bits per heavy atom. The molecule has 0 atom stereocenters. The quantitative estimate of drug-likeness (QED) is 0.347. The first-order chi connectivity index (χ1) is 16.8. The highest BCUT2D eigenvalue weighted by Gasteiger charge is 2.18. The van der Waals surface area contributed by atoms with Crippen molar-refractivity contribution in [2.45, 2.75) is 32.9 Å². The fourth-order valence-corrected chi connectivity index (χ4v) is 4.56. The molecule has 4 rings (SSSR count). The van der Waals surface area contributed by atoms with E-state index in [9.17, 15) is 8.42 Å². The number of rotatable bonds is 10. The van der Waals surface area contributed by atoms with Gasteiger partial charge in [0.25, 0.3) is 0 Å². The third-order valence-corrected chi connectivity index (χ3v) is 6.43. The molecule has 0 aliphatic carbocycles. The molecule has 0 amide bonds. The van der Waals surface area contributed by atoms with Crippen molar-refractivity contribution in [1.29, 1.82) is 5.26 Å². The van der Waals surface area contributed by atoms with Gasteiger partial charge in [0.2, 0.25) is 10.0 Å². The van der Waals surface area contributed by atoms with Gasteiger partial charge in [0.05, 0.1) is 29.8 Å². The first-order valence-corrected chi connectivity index (χ1v) is 13.2. The predicted molar refractivity (Wildman–Crippen MR) is 136 cm³/mol. The Labute approximate surface area is 204 Å². The van der Waals surface area contributed by atoms with Gasteiger partial charge in [-0.3, -0.25) is 0 Å². The summed E-state index contributed by atoms with van der Waals surface area (Å²) >= 11 is 0. The van der Waals surface area contributed by atoms with Gasteiger partial charge in [-0.05, 0) is 36.1 Å². The number of anilines is 1. The third kappa shape index (κ3) is 5.77. The van der Waals surface area contributed by atoms with Crippen LogP contribution in [0.25, 0.3) is 21.9 Å². The monoisotopic (exact) mass is 492 g/mol. The molecular formula is C25H28N6O3S. The Bertz CT molecular complexity index is 1500. The fourth-order valence-electron chi connectivity index (χ4n) is 4.10. The highest BCUT2D eigenvalue weighted by molar-refractivity contribution is 7.88. The summed E-state index contributed by atoms with van der Waals surface area (Å²) in [5.74, 6) is 0.984. The standard InChI is InChI=1S/C25H28N6O3S/c1-3-34-16-22-30-23-24(31(22)13-12-28-35(2,32)33)20-9-8-19(15-21(20)29-25(23)27)14-18-6-4-17(5-7-18)10-11-26/h4-9,15,28H,3,10,12-14,16H2,1-2H3,(H2,27,29). The zero-order valence-corrected chi connectivity index (χ0v) is 20.6. The molecule has 0 aliphatic heterocycles. The van der Waals surface area contributed by atoms with Crippen LogP contribution in [0.3, 0.4) is 0 Å². The number of hydrogen-bond acceptors (Lipinski definition) is 7. The van der Waals surface area contributed by atoms with Crippen molar-refractivity contribution >= 4 is 37.8 Å². The lowest BCUT2D eigenvalue weighted by Crippen LogP contribution is -2.26. The average Bonchev–Trinajstić information content (AvgIpc) is 3.17. The lowest BCUT2D eigenvalue weighted by Gasteiger charge is -2.12. The molecule has 10 heteroatoms.